The van der Waals surface area contributed by atoms with Crippen LogP contribution >= 0.6 is 11.8 Å². The fourth-order valence-electron chi connectivity index (χ4n) is 2.50. The minimum Gasteiger partial charge on any atom is -0.451 e. The lowest BCUT2D eigenvalue weighted by atomic mass is 10.2. The van der Waals surface area contributed by atoms with Gasteiger partial charge in [-0.05, 0) is 36.4 Å². The average molecular weight is 335 g/mol. The molecular weight excluding hydrogens is 322 g/mol. The van der Waals surface area contributed by atoms with Crippen molar-refractivity contribution in [1.29, 1.82) is 0 Å². The number of nitrogens with one attached hydrogen (secondary N) is 1. The van der Waals surface area contributed by atoms with Crippen LogP contribution in [0.3, 0.4) is 0 Å². The largest absolute Gasteiger partial charge is 0.451 e. The number of aromatic nitrogens is 2. The van der Waals surface area contributed by atoms with Crippen LogP contribution in [0.4, 0.5) is 5.69 Å². The molecule has 1 amide bonds. The highest BCUT2D eigenvalue weighted by Gasteiger charge is 2.13. The van der Waals surface area contributed by atoms with Gasteiger partial charge in [0.15, 0.2) is 5.58 Å². The highest BCUT2D eigenvalue weighted by atomic mass is 32.2. The van der Waals surface area contributed by atoms with Gasteiger partial charge in [0.05, 0.1) is 0 Å². The van der Waals surface area contributed by atoms with Gasteiger partial charge in [0, 0.05) is 22.9 Å². The molecule has 4 rings (SSSR count). The van der Waals surface area contributed by atoms with E-state index in [4.69, 9.17) is 4.42 Å². The maximum Gasteiger partial charge on any atom is 0.221 e. The third kappa shape index (κ3) is 2.72. The summed E-state index contributed by atoms with van der Waals surface area (Å²) in [5, 5.41) is 4.50. The highest BCUT2D eigenvalue weighted by Crippen LogP contribution is 2.35. The van der Waals surface area contributed by atoms with Crippen LogP contribution in [0.1, 0.15) is 6.92 Å². The monoisotopic (exact) mass is 335 g/mol. The van der Waals surface area contributed by atoms with E-state index in [2.05, 4.69) is 15.3 Å². The molecule has 0 aliphatic carbocycles. The number of para-hydroxylation sites is 1. The molecule has 0 atom stereocenters. The predicted molar refractivity (Wildman–Crippen MR) is 94.2 cm³/mol. The molecule has 0 aliphatic rings. The van der Waals surface area contributed by atoms with Crippen LogP contribution in [0.2, 0.25) is 0 Å². The van der Waals surface area contributed by atoms with E-state index in [1.54, 1.807) is 6.33 Å². The summed E-state index contributed by atoms with van der Waals surface area (Å²) in [6, 6.07) is 15.4. The second-order valence-corrected chi connectivity index (χ2v) is 6.32. The highest BCUT2D eigenvalue weighted by molar-refractivity contribution is 7.99. The zero-order valence-electron chi connectivity index (χ0n) is 12.8. The number of fused-ring (bicyclic) bond motifs is 3. The molecular formula is C18H13N3O2S. The molecule has 5 nitrogen and oxygen atoms in total. The van der Waals surface area contributed by atoms with Gasteiger partial charge in [0.1, 0.15) is 22.5 Å². The van der Waals surface area contributed by atoms with Crippen molar-refractivity contribution in [2.75, 3.05) is 5.32 Å². The first-order valence-corrected chi connectivity index (χ1v) is 8.20. The molecule has 0 bridgehead atoms. The average Bonchev–Trinajstić information content (AvgIpc) is 2.96. The SMILES string of the molecule is CC(=O)Nc1ccc(Sc2ncnc3c2oc2ccccc23)cc1. The van der Waals surface area contributed by atoms with E-state index in [-0.39, 0.29) is 5.91 Å². The van der Waals surface area contributed by atoms with Gasteiger partial charge in [-0.15, -0.1) is 0 Å². The lowest BCUT2D eigenvalue weighted by molar-refractivity contribution is -0.114. The van der Waals surface area contributed by atoms with Crippen LogP contribution in [0.5, 0.6) is 0 Å². The zero-order valence-corrected chi connectivity index (χ0v) is 13.6. The topological polar surface area (TPSA) is 68.0 Å². The normalized spacial score (nSPS) is 11.0. The summed E-state index contributed by atoms with van der Waals surface area (Å²) in [5.74, 6) is -0.0878. The van der Waals surface area contributed by atoms with Crippen molar-refractivity contribution < 1.29 is 9.21 Å². The van der Waals surface area contributed by atoms with Gasteiger partial charge >= 0.3 is 0 Å². The first-order valence-electron chi connectivity index (χ1n) is 7.38. The molecule has 0 unspecified atom stereocenters. The molecule has 0 radical (unpaired) electrons. The second kappa shape index (κ2) is 5.98. The number of benzene rings is 2. The lowest BCUT2D eigenvalue weighted by Gasteiger charge is -2.04. The van der Waals surface area contributed by atoms with E-state index >= 15 is 0 Å². The molecule has 2 aromatic heterocycles. The fraction of sp³-hybridized carbons (Fsp3) is 0.0556. The number of hydrogen-bond donors (Lipinski definition) is 1. The van der Waals surface area contributed by atoms with Crippen molar-refractivity contribution in [2.45, 2.75) is 16.8 Å². The van der Waals surface area contributed by atoms with Crippen molar-refractivity contribution in [2.24, 2.45) is 0 Å². The van der Waals surface area contributed by atoms with Crippen molar-refractivity contribution in [1.82, 2.24) is 9.97 Å². The second-order valence-electron chi connectivity index (χ2n) is 5.26. The van der Waals surface area contributed by atoms with Crippen LogP contribution in [0.15, 0.2) is 69.2 Å². The molecule has 2 heterocycles. The third-order valence-electron chi connectivity index (χ3n) is 3.51. The Morgan fingerprint density at radius 1 is 1.08 bits per heavy atom. The van der Waals surface area contributed by atoms with Crippen LogP contribution in [-0.4, -0.2) is 15.9 Å². The first-order chi connectivity index (χ1) is 11.7. The summed E-state index contributed by atoms with van der Waals surface area (Å²) in [5.41, 5.74) is 3.08. The number of carbonyl (C=O) groups excluding carboxylic acids is 1. The summed E-state index contributed by atoms with van der Waals surface area (Å²) in [6.07, 6.45) is 1.55. The number of anilines is 1. The molecule has 0 spiro atoms. The number of nitrogens with zero attached hydrogens (tertiary/aromatic N) is 2. The zero-order chi connectivity index (χ0) is 16.5. The Bertz CT molecular complexity index is 1040. The molecule has 4 aromatic rings. The number of hydrogen-bond acceptors (Lipinski definition) is 5. The van der Waals surface area contributed by atoms with Crippen LogP contribution in [-0.2, 0) is 4.79 Å². The summed E-state index contributed by atoms with van der Waals surface area (Å²) in [6.45, 7) is 1.49. The smallest absolute Gasteiger partial charge is 0.221 e. The molecule has 0 aliphatic heterocycles. The van der Waals surface area contributed by atoms with Gasteiger partial charge in [0.25, 0.3) is 0 Å². The predicted octanol–water partition coefficient (Wildman–Crippen LogP) is 4.49. The van der Waals surface area contributed by atoms with Crippen LogP contribution in [0, 0.1) is 0 Å². The van der Waals surface area contributed by atoms with Crippen molar-refractivity contribution in [3.8, 4) is 0 Å². The first kappa shape index (κ1) is 14.7. The lowest BCUT2D eigenvalue weighted by Crippen LogP contribution is -2.05. The van der Waals surface area contributed by atoms with E-state index in [9.17, 15) is 4.79 Å². The Kier molecular flexibility index (Phi) is 3.66. The Hall–Kier alpha value is -2.86. The molecule has 0 saturated carbocycles. The summed E-state index contributed by atoms with van der Waals surface area (Å²) < 4.78 is 5.93. The van der Waals surface area contributed by atoms with Crippen molar-refractivity contribution >= 4 is 45.4 Å². The van der Waals surface area contributed by atoms with Gasteiger partial charge < -0.3 is 9.73 Å². The van der Waals surface area contributed by atoms with Gasteiger partial charge in [-0.2, -0.15) is 0 Å². The Labute approximate surface area is 142 Å². The minimum absolute atomic E-state index is 0.0878. The minimum atomic E-state index is -0.0878. The molecule has 2 aromatic carbocycles. The summed E-state index contributed by atoms with van der Waals surface area (Å²) >= 11 is 1.50. The molecule has 1 N–H and O–H groups in total. The Balaban J connectivity index is 1.70. The van der Waals surface area contributed by atoms with Gasteiger partial charge in [-0.3, -0.25) is 4.79 Å². The van der Waals surface area contributed by atoms with Gasteiger partial charge in [-0.25, -0.2) is 9.97 Å². The van der Waals surface area contributed by atoms with Crippen LogP contribution in [0.25, 0.3) is 22.1 Å². The number of furan rings is 1. The maximum absolute atomic E-state index is 11.1. The Morgan fingerprint density at radius 2 is 1.88 bits per heavy atom. The van der Waals surface area contributed by atoms with E-state index in [0.29, 0.717) is 5.58 Å². The molecule has 0 saturated heterocycles. The van der Waals surface area contributed by atoms with Crippen LogP contribution < -0.4 is 5.32 Å². The molecule has 6 heteroatoms. The number of rotatable bonds is 3. The van der Waals surface area contributed by atoms with Gasteiger partial charge in [-0.1, -0.05) is 23.9 Å². The summed E-state index contributed by atoms with van der Waals surface area (Å²) in [4.78, 5) is 20.8. The molecule has 118 valence electrons. The standard InChI is InChI=1S/C18H13N3O2S/c1-11(22)21-12-6-8-13(9-7-12)24-18-17-16(19-10-20-18)14-4-2-3-5-15(14)23-17/h2-10H,1H3,(H,21,22). The van der Waals surface area contributed by atoms with E-state index < -0.39 is 0 Å². The van der Waals surface area contributed by atoms with E-state index in [1.807, 2.05) is 48.5 Å². The van der Waals surface area contributed by atoms with Crippen molar-refractivity contribution in [3.63, 3.8) is 0 Å². The quantitative estimate of drug-likeness (QED) is 0.559. The van der Waals surface area contributed by atoms with Gasteiger partial charge in [0.2, 0.25) is 5.91 Å². The Morgan fingerprint density at radius 3 is 2.67 bits per heavy atom. The number of carbonyl (C=O) groups is 1. The fourth-order valence-corrected chi connectivity index (χ4v) is 3.32. The van der Waals surface area contributed by atoms with Crippen molar-refractivity contribution in [3.05, 3.63) is 54.9 Å². The summed E-state index contributed by atoms with van der Waals surface area (Å²) in [7, 11) is 0. The molecule has 0 fully saturated rings. The maximum atomic E-state index is 11.1. The third-order valence-corrected chi connectivity index (χ3v) is 4.51. The molecule has 24 heavy (non-hydrogen) atoms. The van der Waals surface area contributed by atoms with E-state index in [0.717, 1.165) is 32.1 Å². The van der Waals surface area contributed by atoms with E-state index in [1.165, 1.54) is 18.7 Å². The number of amides is 1.